The predicted octanol–water partition coefficient (Wildman–Crippen LogP) is 2.19. The minimum Gasteiger partial charge on any atom is -0.352 e. The highest BCUT2D eigenvalue weighted by Crippen LogP contribution is 2.23. The van der Waals surface area contributed by atoms with Crippen LogP contribution in [0.2, 0.25) is 0 Å². The molecule has 0 fully saturated rings. The first kappa shape index (κ1) is 23.3. The van der Waals surface area contributed by atoms with Gasteiger partial charge in [0.1, 0.15) is 0 Å². The van der Waals surface area contributed by atoms with Crippen molar-refractivity contribution in [2.24, 2.45) is 0 Å². The quantitative estimate of drug-likeness (QED) is 0.594. The van der Waals surface area contributed by atoms with Crippen LogP contribution in [-0.2, 0) is 32.8 Å². The summed E-state index contributed by atoms with van der Waals surface area (Å²) in [6, 6.07) is 12.3. The molecule has 1 amide bonds. The molecule has 168 valence electrons. The van der Waals surface area contributed by atoms with Crippen LogP contribution < -0.4 is 5.32 Å². The summed E-state index contributed by atoms with van der Waals surface area (Å²) >= 11 is 0. The standard InChI is InChI=1S/C20H22F2N2O5S2/c21-20(22)31(28,29)18-9-4-3-8-17(18)19(25)23-11-5-13-30(26,27)24-12-10-15-6-1-2-7-16(15)14-24/h1-4,6-9,20H,5,10-14H2,(H,23,25). The first-order valence-electron chi connectivity index (χ1n) is 9.57. The molecule has 1 aliphatic heterocycles. The molecule has 0 unspecified atom stereocenters. The number of halogens is 2. The molecule has 3 rings (SSSR count). The lowest BCUT2D eigenvalue weighted by molar-refractivity contribution is 0.0950. The van der Waals surface area contributed by atoms with Crippen molar-refractivity contribution in [3.05, 3.63) is 65.2 Å². The molecule has 1 aliphatic rings. The largest absolute Gasteiger partial charge is 0.352 e. The van der Waals surface area contributed by atoms with Gasteiger partial charge in [-0.2, -0.15) is 13.1 Å². The van der Waals surface area contributed by atoms with Gasteiger partial charge in [-0.15, -0.1) is 0 Å². The summed E-state index contributed by atoms with van der Waals surface area (Å²) in [7, 11) is -8.49. The van der Waals surface area contributed by atoms with E-state index in [4.69, 9.17) is 0 Å². The number of hydrogen-bond donors (Lipinski definition) is 1. The van der Waals surface area contributed by atoms with Crippen LogP contribution in [0.15, 0.2) is 53.4 Å². The lowest BCUT2D eigenvalue weighted by atomic mass is 10.0. The van der Waals surface area contributed by atoms with E-state index in [0.29, 0.717) is 19.5 Å². The van der Waals surface area contributed by atoms with Gasteiger partial charge in [0.15, 0.2) is 0 Å². The van der Waals surface area contributed by atoms with Crippen LogP contribution in [-0.4, -0.2) is 51.6 Å². The second-order valence-corrected chi connectivity index (χ2v) is 11.1. The maximum absolute atomic E-state index is 12.9. The normalized spacial score (nSPS) is 14.9. The van der Waals surface area contributed by atoms with Gasteiger partial charge in [0, 0.05) is 19.6 Å². The number of sulfonamides is 1. The molecule has 2 aromatic rings. The maximum Gasteiger partial charge on any atom is 0.341 e. The fraction of sp³-hybridized carbons (Fsp3) is 0.350. The zero-order chi connectivity index (χ0) is 22.6. The van der Waals surface area contributed by atoms with Crippen molar-refractivity contribution in [1.82, 2.24) is 9.62 Å². The molecule has 0 atom stereocenters. The summed E-state index contributed by atoms with van der Waals surface area (Å²) in [5.41, 5.74) is 1.68. The van der Waals surface area contributed by atoms with Crippen LogP contribution in [0.1, 0.15) is 27.9 Å². The Bertz CT molecular complexity index is 1170. The molecule has 1 heterocycles. The highest BCUT2D eigenvalue weighted by atomic mass is 32.2. The van der Waals surface area contributed by atoms with Crippen molar-refractivity contribution in [1.29, 1.82) is 0 Å². The number of nitrogens with one attached hydrogen (secondary N) is 1. The fourth-order valence-corrected chi connectivity index (χ4v) is 5.79. The van der Waals surface area contributed by atoms with Gasteiger partial charge in [-0.1, -0.05) is 36.4 Å². The molecule has 0 radical (unpaired) electrons. The third-order valence-corrected chi connectivity index (χ3v) is 8.37. The molecule has 0 saturated heterocycles. The Balaban J connectivity index is 1.58. The van der Waals surface area contributed by atoms with Crippen molar-refractivity contribution in [2.45, 2.75) is 30.0 Å². The first-order chi connectivity index (χ1) is 14.6. The number of amides is 1. The molecule has 0 aliphatic carbocycles. The Morgan fingerprint density at radius 2 is 1.65 bits per heavy atom. The number of rotatable bonds is 8. The van der Waals surface area contributed by atoms with Crippen molar-refractivity contribution in [2.75, 3.05) is 18.8 Å². The summed E-state index contributed by atoms with van der Waals surface area (Å²) in [6.45, 7) is 0.625. The van der Waals surface area contributed by atoms with Crippen LogP contribution in [0.3, 0.4) is 0 Å². The molecule has 0 aromatic heterocycles. The summed E-state index contributed by atoms with van der Waals surface area (Å²) in [4.78, 5) is 11.6. The Kier molecular flexibility index (Phi) is 7.07. The zero-order valence-corrected chi connectivity index (χ0v) is 18.1. The van der Waals surface area contributed by atoms with E-state index in [2.05, 4.69) is 5.32 Å². The summed E-state index contributed by atoms with van der Waals surface area (Å²) in [5, 5.41) is 2.41. The van der Waals surface area contributed by atoms with E-state index in [1.54, 1.807) is 0 Å². The summed E-state index contributed by atoms with van der Waals surface area (Å²) in [6.07, 6.45) is 0.720. The van der Waals surface area contributed by atoms with Gasteiger partial charge in [-0.05, 0) is 36.1 Å². The van der Waals surface area contributed by atoms with E-state index in [0.717, 1.165) is 23.3 Å². The molecular weight excluding hydrogens is 450 g/mol. The van der Waals surface area contributed by atoms with Gasteiger partial charge in [0.05, 0.1) is 16.2 Å². The van der Waals surface area contributed by atoms with Crippen molar-refractivity contribution in [3.8, 4) is 0 Å². The molecule has 7 nitrogen and oxygen atoms in total. The SMILES string of the molecule is O=C(NCCCS(=O)(=O)N1CCc2ccccc2C1)c1ccccc1S(=O)(=O)C(F)F. The average Bonchev–Trinajstić information content (AvgIpc) is 2.76. The average molecular weight is 473 g/mol. The monoisotopic (exact) mass is 472 g/mol. The number of sulfone groups is 1. The number of alkyl halides is 2. The molecule has 0 saturated carbocycles. The fourth-order valence-electron chi connectivity index (χ4n) is 3.39. The van der Waals surface area contributed by atoms with Crippen LogP contribution in [0, 0.1) is 0 Å². The highest BCUT2D eigenvalue weighted by molar-refractivity contribution is 7.91. The molecule has 2 aromatic carbocycles. The Morgan fingerprint density at radius 1 is 1.00 bits per heavy atom. The van der Waals surface area contributed by atoms with Gasteiger partial charge in [-0.25, -0.2) is 16.8 Å². The van der Waals surface area contributed by atoms with E-state index in [1.807, 2.05) is 24.3 Å². The number of hydrogen-bond acceptors (Lipinski definition) is 5. The molecule has 0 spiro atoms. The third-order valence-electron chi connectivity index (χ3n) is 5.03. The molecular formula is C20H22F2N2O5S2. The lowest BCUT2D eigenvalue weighted by Gasteiger charge is -2.28. The van der Waals surface area contributed by atoms with Crippen LogP contribution in [0.4, 0.5) is 8.78 Å². The van der Waals surface area contributed by atoms with E-state index in [1.165, 1.54) is 16.4 Å². The van der Waals surface area contributed by atoms with Gasteiger partial charge in [0.25, 0.3) is 5.91 Å². The van der Waals surface area contributed by atoms with E-state index in [9.17, 15) is 30.4 Å². The topological polar surface area (TPSA) is 101 Å². The lowest BCUT2D eigenvalue weighted by Crippen LogP contribution is -2.38. The van der Waals surface area contributed by atoms with Gasteiger partial charge in [-0.3, -0.25) is 4.79 Å². The number of nitrogens with zero attached hydrogens (tertiary/aromatic N) is 1. The minimum absolute atomic E-state index is 0.0500. The smallest absolute Gasteiger partial charge is 0.341 e. The maximum atomic E-state index is 12.9. The second-order valence-electron chi connectivity index (χ2n) is 7.08. The molecule has 0 bridgehead atoms. The third kappa shape index (κ3) is 5.28. The van der Waals surface area contributed by atoms with Crippen LogP contribution >= 0.6 is 0 Å². The van der Waals surface area contributed by atoms with E-state index in [-0.39, 0.29) is 18.7 Å². The number of benzene rings is 2. The van der Waals surface area contributed by atoms with Crippen molar-refractivity contribution < 1.29 is 30.4 Å². The van der Waals surface area contributed by atoms with Gasteiger partial charge in [0.2, 0.25) is 19.9 Å². The number of fused-ring (bicyclic) bond motifs is 1. The van der Waals surface area contributed by atoms with Crippen molar-refractivity contribution >= 4 is 25.8 Å². The highest BCUT2D eigenvalue weighted by Gasteiger charge is 2.31. The van der Waals surface area contributed by atoms with Gasteiger partial charge >= 0.3 is 5.76 Å². The predicted molar refractivity (Wildman–Crippen MR) is 111 cm³/mol. The number of carbonyl (C=O) groups excluding carboxylic acids is 1. The summed E-state index contributed by atoms with van der Waals surface area (Å²) in [5.74, 6) is -4.71. The molecule has 11 heteroatoms. The summed E-state index contributed by atoms with van der Waals surface area (Å²) < 4.78 is 75.9. The van der Waals surface area contributed by atoms with Crippen LogP contribution in [0.25, 0.3) is 0 Å². The minimum atomic E-state index is -4.94. The number of carbonyl (C=O) groups is 1. The van der Waals surface area contributed by atoms with Crippen molar-refractivity contribution in [3.63, 3.8) is 0 Å². The Labute approximate surface area is 180 Å². The molecule has 31 heavy (non-hydrogen) atoms. The first-order valence-corrected chi connectivity index (χ1v) is 12.7. The second kappa shape index (κ2) is 9.41. The van der Waals surface area contributed by atoms with E-state index >= 15 is 0 Å². The molecule has 1 N–H and O–H groups in total. The van der Waals surface area contributed by atoms with E-state index < -0.39 is 42.0 Å². The Hall–Kier alpha value is -2.37. The van der Waals surface area contributed by atoms with Crippen LogP contribution in [0.5, 0.6) is 0 Å². The zero-order valence-electron chi connectivity index (χ0n) is 16.5. The van der Waals surface area contributed by atoms with Gasteiger partial charge < -0.3 is 5.32 Å². The Morgan fingerprint density at radius 3 is 2.35 bits per heavy atom.